The number of nitrogens with zero attached hydrogens (tertiary/aromatic N) is 1. The van der Waals surface area contributed by atoms with Gasteiger partial charge in [-0.05, 0) is 34.2 Å². The van der Waals surface area contributed by atoms with E-state index in [1.165, 1.54) is 0 Å². The van der Waals surface area contributed by atoms with E-state index < -0.39 is 0 Å². The molecule has 1 heterocycles. The van der Waals surface area contributed by atoms with Gasteiger partial charge in [-0.2, -0.15) is 0 Å². The number of hydrogen-bond acceptors (Lipinski definition) is 2. The highest BCUT2D eigenvalue weighted by molar-refractivity contribution is 14.1. The minimum absolute atomic E-state index is 0.0451. The summed E-state index contributed by atoms with van der Waals surface area (Å²) in [6, 6.07) is 11.9. The molecule has 100 valence electrons. The third-order valence-electron chi connectivity index (χ3n) is 2.67. The summed E-state index contributed by atoms with van der Waals surface area (Å²) < 4.78 is 1.12. The maximum Gasteiger partial charge on any atom is 0.255 e. The van der Waals surface area contributed by atoms with Gasteiger partial charge in [0, 0.05) is 24.3 Å². The fourth-order valence-electron chi connectivity index (χ4n) is 1.76. The molecule has 2 rings (SSSR count). The maximum absolute atomic E-state index is 12.4. The van der Waals surface area contributed by atoms with Gasteiger partial charge in [-0.1, -0.05) is 30.3 Å². The van der Waals surface area contributed by atoms with Crippen LogP contribution in [0.15, 0.2) is 41.8 Å². The zero-order valence-electron chi connectivity index (χ0n) is 10.2. The minimum Gasteiger partial charge on any atom is -0.333 e. The fourth-order valence-corrected chi connectivity index (χ4v) is 3.29. The average Bonchev–Trinajstić information content (AvgIpc) is 2.85. The molecule has 0 atom stereocenters. The topological polar surface area (TPSA) is 20.3 Å². The summed E-state index contributed by atoms with van der Waals surface area (Å²) in [4.78, 5) is 14.2. The molecule has 5 heteroatoms. The number of carbonyl (C=O) groups excluding carboxylic acids is 1. The van der Waals surface area contributed by atoms with Crippen molar-refractivity contribution in [1.82, 2.24) is 4.90 Å². The Bertz CT molecular complexity index is 543. The Morgan fingerprint density at radius 2 is 2.05 bits per heavy atom. The second-order valence-corrected chi connectivity index (χ2v) is 7.22. The van der Waals surface area contributed by atoms with Gasteiger partial charge in [-0.3, -0.25) is 4.79 Å². The number of benzene rings is 1. The number of halogens is 2. The molecule has 0 unspecified atom stereocenters. The van der Waals surface area contributed by atoms with Gasteiger partial charge in [0.1, 0.15) is 0 Å². The number of rotatable bonds is 5. The van der Waals surface area contributed by atoms with Gasteiger partial charge >= 0.3 is 0 Å². The molecular weight excluding hydrogens is 393 g/mol. The molecule has 1 aromatic heterocycles. The lowest BCUT2D eigenvalue weighted by Crippen LogP contribution is -2.32. The number of alkyl halides is 1. The molecule has 0 spiro atoms. The second kappa shape index (κ2) is 7.26. The number of thiophene rings is 1. The fraction of sp³-hybridized carbons (Fsp3) is 0.214. The first-order valence-corrected chi connectivity index (χ1v) is 8.33. The summed E-state index contributed by atoms with van der Waals surface area (Å²) in [5, 5.41) is 1.90. The van der Waals surface area contributed by atoms with Crippen molar-refractivity contribution in [2.24, 2.45) is 0 Å². The van der Waals surface area contributed by atoms with E-state index in [2.05, 4.69) is 22.6 Å². The standard InChI is InChI=1S/C14H13ClINOS/c15-6-7-17(9-11-4-2-1-3-5-11)14(18)12-8-13(16)19-10-12/h1-5,8,10H,6-7,9H2. The summed E-state index contributed by atoms with van der Waals surface area (Å²) in [5.41, 5.74) is 1.86. The molecule has 0 bridgehead atoms. The van der Waals surface area contributed by atoms with Gasteiger partial charge in [-0.15, -0.1) is 22.9 Å². The van der Waals surface area contributed by atoms with Crippen molar-refractivity contribution in [3.63, 3.8) is 0 Å². The van der Waals surface area contributed by atoms with Gasteiger partial charge in [0.05, 0.1) is 8.45 Å². The van der Waals surface area contributed by atoms with E-state index in [9.17, 15) is 4.79 Å². The molecule has 0 aliphatic carbocycles. The lowest BCUT2D eigenvalue weighted by atomic mass is 10.2. The molecule has 0 aliphatic rings. The summed E-state index contributed by atoms with van der Waals surface area (Å²) >= 11 is 9.61. The highest BCUT2D eigenvalue weighted by Gasteiger charge is 2.16. The van der Waals surface area contributed by atoms with Crippen LogP contribution in [0.2, 0.25) is 0 Å². The molecule has 0 saturated heterocycles. The van der Waals surface area contributed by atoms with E-state index in [0.29, 0.717) is 19.0 Å². The molecule has 0 radical (unpaired) electrons. The summed E-state index contributed by atoms with van der Waals surface area (Å²) in [6.45, 7) is 1.15. The van der Waals surface area contributed by atoms with Crippen LogP contribution in [0, 0.1) is 2.88 Å². The molecule has 2 aromatic rings. The van der Waals surface area contributed by atoms with Crippen LogP contribution in [0.3, 0.4) is 0 Å². The quantitative estimate of drug-likeness (QED) is 0.538. The van der Waals surface area contributed by atoms with Gasteiger partial charge in [-0.25, -0.2) is 0 Å². The van der Waals surface area contributed by atoms with Crippen molar-refractivity contribution >= 4 is 51.4 Å². The Kier molecular flexibility index (Phi) is 5.66. The summed E-state index contributed by atoms with van der Waals surface area (Å²) in [7, 11) is 0. The van der Waals surface area contributed by atoms with Crippen molar-refractivity contribution in [3.05, 3.63) is 55.8 Å². The first-order chi connectivity index (χ1) is 9.20. The van der Waals surface area contributed by atoms with E-state index in [1.54, 1.807) is 16.2 Å². The van der Waals surface area contributed by atoms with Crippen LogP contribution in [-0.4, -0.2) is 23.2 Å². The van der Waals surface area contributed by atoms with Crippen molar-refractivity contribution < 1.29 is 4.79 Å². The van der Waals surface area contributed by atoms with Crippen molar-refractivity contribution in [2.45, 2.75) is 6.54 Å². The van der Waals surface area contributed by atoms with Crippen LogP contribution in [-0.2, 0) is 6.54 Å². The van der Waals surface area contributed by atoms with E-state index in [0.717, 1.165) is 14.0 Å². The van der Waals surface area contributed by atoms with Crippen LogP contribution in [0.4, 0.5) is 0 Å². The van der Waals surface area contributed by atoms with Gasteiger partial charge in [0.2, 0.25) is 0 Å². The lowest BCUT2D eigenvalue weighted by molar-refractivity contribution is 0.0754. The molecule has 1 amide bonds. The maximum atomic E-state index is 12.4. The molecule has 1 aromatic carbocycles. The average molecular weight is 406 g/mol. The van der Waals surface area contributed by atoms with Crippen LogP contribution in [0.5, 0.6) is 0 Å². The molecule has 2 nitrogen and oxygen atoms in total. The molecular formula is C14H13ClINOS. The molecule has 0 N–H and O–H groups in total. The summed E-state index contributed by atoms with van der Waals surface area (Å²) in [5.74, 6) is 0.489. The van der Waals surface area contributed by atoms with Gasteiger partial charge < -0.3 is 4.90 Å². The normalized spacial score (nSPS) is 10.4. The Hall–Kier alpha value is -0.590. The molecule has 0 aliphatic heterocycles. The number of hydrogen-bond donors (Lipinski definition) is 0. The third-order valence-corrected chi connectivity index (χ3v) is 4.63. The predicted octanol–water partition coefficient (Wildman–Crippen LogP) is 4.23. The largest absolute Gasteiger partial charge is 0.333 e. The van der Waals surface area contributed by atoms with Crippen molar-refractivity contribution in [3.8, 4) is 0 Å². The SMILES string of the molecule is O=C(c1csc(I)c1)N(CCCl)Cc1ccccc1. The number of carbonyl (C=O) groups is 1. The highest BCUT2D eigenvalue weighted by atomic mass is 127. The predicted molar refractivity (Wildman–Crippen MR) is 88.9 cm³/mol. The Morgan fingerprint density at radius 3 is 2.63 bits per heavy atom. The van der Waals surface area contributed by atoms with Crippen LogP contribution in [0.25, 0.3) is 0 Å². The minimum atomic E-state index is 0.0451. The number of amides is 1. The Labute approximate surface area is 135 Å². The first-order valence-electron chi connectivity index (χ1n) is 5.84. The zero-order valence-corrected chi connectivity index (χ0v) is 13.9. The lowest BCUT2D eigenvalue weighted by Gasteiger charge is -2.21. The second-order valence-electron chi connectivity index (χ2n) is 4.04. The van der Waals surface area contributed by atoms with E-state index >= 15 is 0 Å². The zero-order chi connectivity index (χ0) is 13.7. The smallest absolute Gasteiger partial charge is 0.255 e. The van der Waals surface area contributed by atoms with Crippen LogP contribution < -0.4 is 0 Å². The van der Waals surface area contributed by atoms with Crippen LogP contribution in [0.1, 0.15) is 15.9 Å². The van der Waals surface area contributed by atoms with E-state index in [-0.39, 0.29) is 5.91 Å². The van der Waals surface area contributed by atoms with Crippen LogP contribution >= 0.6 is 45.5 Å². The molecule has 19 heavy (non-hydrogen) atoms. The highest BCUT2D eigenvalue weighted by Crippen LogP contribution is 2.19. The monoisotopic (exact) mass is 405 g/mol. The first kappa shape index (κ1) is 14.8. The van der Waals surface area contributed by atoms with Crippen molar-refractivity contribution in [2.75, 3.05) is 12.4 Å². The Balaban J connectivity index is 2.13. The van der Waals surface area contributed by atoms with E-state index in [4.69, 9.17) is 11.6 Å². The van der Waals surface area contributed by atoms with Gasteiger partial charge in [0.25, 0.3) is 5.91 Å². The van der Waals surface area contributed by atoms with E-state index in [1.807, 2.05) is 41.8 Å². The van der Waals surface area contributed by atoms with Gasteiger partial charge in [0.15, 0.2) is 0 Å². The van der Waals surface area contributed by atoms with Crippen molar-refractivity contribution in [1.29, 1.82) is 0 Å². The Morgan fingerprint density at radius 1 is 1.32 bits per heavy atom. The summed E-state index contributed by atoms with van der Waals surface area (Å²) in [6.07, 6.45) is 0. The third kappa shape index (κ3) is 4.19. The molecule has 0 saturated carbocycles. The molecule has 0 fully saturated rings.